The minimum absolute atomic E-state index is 0.843. The number of nitrogens with one attached hydrogen (secondary N) is 2. The van der Waals surface area contributed by atoms with E-state index in [-0.39, 0.29) is 0 Å². The zero-order valence-electron chi connectivity index (χ0n) is 6.40. The maximum absolute atomic E-state index is 3.58. The van der Waals surface area contributed by atoms with Crippen LogP contribution in [0.15, 0.2) is 0 Å². The van der Waals surface area contributed by atoms with Gasteiger partial charge in [-0.15, -0.1) is 0 Å². The van der Waals surface area contributed by atoms with E-state index < -0.39 is 0 Å². The van der Waals surface area contributed by atoms with Crippen LogP contribution in [0.25, 0.3) is 0 Å². The summed E-state index contributed by atoms with van der Waals surface area (Å²) in [5.74, 6) is 0.933. The molecule has 0 aromatic heterocycles. The van der Waals surface area contributed by atoms with Crippen LogP contribution in [-0.2, 0) is 0 Å². The van der Waals surface area contributed by atoms with Crippen molar-refractivity contribution in [2.75, 3.05) is 19.6 Å². The Kier molecular flexibility index (Phi) is 1.91. The average Bonchev–Trinajstić information content (AvgIpc) is 2.05. The molecular weight excluding hydrogens is 124 g/mol. The Bertz CT molecular complexity index is 87.8. The first kappa shape index (κ1) is 6.62. The molecule has 2 fully saturated rings. The molecule has 0 aliphatic carbocycles. The summed E-state index contributed by atoms with van der Waals surface area (Å²) >= 11 is 0. The number of hydrogen-bond acceptors (Lipinski definition) is 2. The molecule has 58 valence electrons. The Morgan fingerprint density at radius 2 is 2.10 bits per heavy atom. The van der Waals surface area contributed by atoms with E-state index in [1.165, 1.54) is 38.9 Å². The summed E-state index contributed by atoms with van der Waals surface area (Å²) in [5.41, 5.74) is 0. The molecule has 2 rings (SSSR count). The monoisotopic (exact) mass is 140 g/mol. The molecule has 0 aromatic rings. The standard InChI is InChI=1S/C8H16N2/c1-2-7-6-9-5-3-8(7)10-4-1/h7-10H,1-6H2/t7-,8-/m1/s1. The van der Waals surface area contributed by atoms with Gasteiger partial charge in [0.05, 0.1) is 0 Å². The molecule has 0 aromatic carbocycles. The van der Waals surface area contributed by atoms with E-state index in [2.05, 4.69) is 10.6 Å². The second-order valence-corrected chi connectivity index (χ2v) is 3.46. The van der Waals surface area contributed by atoms with Gasteiger partial charge in [-0.1, -0.05) is 0 Å². The topological polar surface area (TPSA) is 24.1 Å². The molecule has 0 saturated carbocycles. The van der Waals surface area contributed by atoms with Crippen LogP contribution < -0.4 is 10.6 Å². The molecule has 2 atom stereocenters. The van der Waals surface area contributed by atoms with Gasteiger partial charge in [-0.05, 0) is 44.8 Å². The lowest BCUT2D eigenvalue weighted by Gasteiger charge is -2.36. The summed E-state index contributed by atoms with van der Waals surface area (Å²) in [6.45, 7) is 3.72. The normalized spacial score (nSPS) is 40.8. The zero-order chi connectivity index (χ0) is 6.81. The van der Waals surface area contributed by atoms with Crippen LogP contribution in [-0.4, -0.2) is 25.7 Å². The SMILES string of the molecule is C1CN[C@@H]2CCNC[C@H]2C1. The summed E-state index contributed by atoms with van der Waals surface area (Å²) in [6.07, 6.45) is 4.15. The Morgan fingerprint density at radius 1 is 1.10 bits per heavy atom. The molecule has 10 heavy (non-hydrogen) atoms. The van der Waals surface area contributed by atoms with E-state index in [9.17, 15) is 0 Å². The molecule has 2 nitrogen and oxygen atoms in total. The second kappa shape index (κ2) is 2.89. The minimum atomic E-state index is 0.843. The van der Waals surface area contributed by atoms with Gasteiger partial charge < -0.3 is 10.6 Å². The van der Waals surface area contributed by atoms with Gasteiger partial charge >= 0.3 is 0 Å². The molecule has 0 bridgehead atoms. The molecule has 2 N–H and O–H groups in total. The van der Waals surface area contributed by atoms with Crippen LogP contribution in [0.2, 0.25) is 0 Å². The van der Waals surface area contributed by atoms with Crippen molar-refractivity contribution in [2.45, 2.75) is 25.3 Å². The molecule has 0 spiro atoms. The molecule has 0 amide bonds. The lowest BCUT2D eigenvalue weighted by Crippen LogP contribution is -2.50. The van der Waals surface area contributed by atoms with Crippen molar-refractivity contribution >= 4 is 0 Å². The number of piperidine rings is 2. The van der Waals surface area contributed by atoms with Crippen LogP contribution in [0.1, 0.15) is 19.3 Å². The lowest BCUT2D eigenvalue weighted by molar-refractivity contribution is 0.226. The molecule has 2 saturated heterocycles. The molecule has 2 aliphatic rings. The van der Waals surface area contributed by atoms with Gasteiger partial charge in [-0.25, -0.2) is 0 Å². The smallest absolute Gasteiger partial charge is 0.0119 e. The van der Waals surface area contributed by atoms with Gasteiger partial charge in [-0.3, -0.25) is 0 Å². The van der Waals surface area contributed by atoms with E-state index >= 15 is 0 Å². The minimum Gasteiger partial charge on any atom is -0.316 e. The van der Waals surface area contributed by atoms with Crippen LogP contribution in [0.5, 0.6) is 0 Å². The van der Waals surface area contributed by atoms with Gasteiger partial charge in [0.1, 0.15) is 0 Å². The van der Waals surface area contributed by atoms with E-state index in [4.69, 9.17) is 0 Å². The Balaban J connectivity index is 1.93. The molecular formula is C8H16N2. The summed E-state index contributed by atoms with van der Waals surface area (Å²) < 4.78 is 0. The van der Waals surface area contributed by atoms with Gasteiger partial charge in [0.15, 0.2) is 0 Å². The highest BCUT2D eigenvalue weighted by Gasteiger charge is 2.26. The fourth-order valence-corrected chi connectivity index (χ4v) is 2.15. The van der Waals surface area contributed by atoms with Crippen molar-refractivity contribution in [3.05, 3.63) is 0 Å². The maximum atomic E-state index is 3.58. The summed E-state index contributed by atoms with van der Waals surface area (Å²) in [7, 11) is 0. The van der Waals surface area contributed by atoms with E-state index in [0.717, 1.165) is 12.0 Å². The van der Waals surface area contributed by atoms with Gasteiger partial charge in [-0.2, -0.15) is 0 Å². The first-order valence-corrected chi connectivity index (χ1v) is 4.41. The molecule has 0 radical (unpaired) electrons. The predicted octanol–water partition coefficient (Wildman–Crippen LogP) is 0.348. The quantitative estimate of drug-likeness (QED) is 0.507. The van der Waals surface area contributed by atoms with Crippen molar-refractivity contribution in [1.82, 2.24) is 10.6 Å². The van der Waals surface area contributed by atoms with Crippen LogP contribution in [0, 0.1) is 5.92 Å². The predicted molar refractivity (Wildman–Crippen MR) is 42.0 cm³/mol. The van der Waals surface area contributed by atoms with Gasteiger partial charge in [0.25, 0.3) is 0 Å². The molecule has 0 unspecified atom stereocenters. The van der Waals surface area contributed by atoms with Crippen molar-refractivity contribution in [1.29, 1.82) is 0 Å². The Morgan fingerprint density at radius 3 is 3.00 bits per heavy atom. The highest BCUT2D eigenvalue weighted by Crippen LogP contribution is 2.20. The van der Waals surface area contributed by atoms with E-state index in [0.29, 0.717) is 0 Å². The zero-order valence-corrected chi connectivity index (χ0v) is 6.40. The van der Waals surface area contributed by atoms with Gasteiger partial charge in [0, 0.05) is 6.04 Å². The Hall–Kier alpha value is -0.0800. The highest BCUT2D eigenvalue weighted by atomic mass is 15.0. The third kappa shape index (κ3) is 1.18. The Labute approximate surface area is 62.4 Å². The van der Waals surface area contributed by atoms with Crippen LogP contribution in [0.3, 0.4) is 0 Å². The number of hydrogen-bond donors (Lipinski definition) is 2. The third-order valence-electron chi connectivity index (χ3n) is 2.77. The average molecular weight is 140 g/mol. The van der Waals surface area contributed by atoms with Crippen molar-refractivity contribution in [2.24, 2.45) is 5.92 Å². The number of rotatable bonds is 0. The number of fused-ring (bicyclic) bond motifs is 1. The first-order valence-electron chi connectivity index (χ1n) is 4.41. The largest absolute Gasteiger partial charge is 0.316 e. The third-order valence-corrected chi connectivity index (χ3v) is 2.77. The van der Waals surface area contributed by atoms with E-state index in [1.54, 1.807) is 0 Å². The highest BCUT2D eigenvalue weighted by molar-refractivity contribution is 4.86. The summed E-state index contributed by atoms with van der Waals surface area (Å²) in [4.78, 5) is 0. The van der Waals surface area contributed by atoms with Crippen molar-refractivity contribution in [3.8, 4) is 0 Å². The maximum Gasteiger partial charge on any atom is 0.0119 e. The molecule has 2 heterocycles. The van der Waals surface area contributed by atoms with Crippen molar-refractivity contribution in [3.63, 3.8) is 0 Å². The fraction of sp³-hybridized carbons (Fsp3) is 1.00. The second-order valence-electron chi connectivity index (χ2n) is 3.46. The summed E-state index contributed by atoms with van der Waals surface area (Å²) in [6, 6.07) is 0.843. The summed E-state index contributed by atoms with van der Waals surface area (Å²) in [5, 5.41) is 7.02. The molecule has 2 heteroatoms. The van der Waals surface area contributed by atoms with E-state index in [1.807, 2.05) is 0 Å². The van der Waals surface area contributed by atoms with Gasteiger partial charge in [0.2, 0.25) is 0 Å². The lowest BCUT2D eigenvalue weighted by atomic mass is 9.86. The fourth-order valence-electron chi connectivity index (χ4n) is 2.15. The van der Waals surface area contributed by atoms with Crippen LogP contribution >= 0.6 is 0 Å². The first-order chi connectivity index (χ1) is 4.97. The molecule has 2 aliphatic heterocycles. The van der Waals surface area contributed by atoms with Crippen molar-refractivity contribution < 1.29 is 0 Å². The van der Waals surface area contributed by atoms with Crippen LogP contribution in [0.4, 0.5) is 0 Å².